The molecule has 4 rings (SSSR count). The lowest BCUT2D eigenvalue weighted by molar-refractivity contribution is -0.0373. The Morgan fingerprint density at radius 3 is 3.08 bits per heavy atom. The molecule has 1 atom stereocenters. The van der Waals surface area contributed by atoms with Crippen molar-refractivity contribution in [2.45, 2.75) is 38.3 Å². The minimum Gasteiger partial charge on any atom is -0.464 e. The molecular weight excluding hydrogens is 306 g/mol. The molecule has 1 saturated heterocycles. The molecule has 0 amide bonds. The van der Waals surface area contributed by atoms with Gasteiger partial charge in [-0.25, -0.2) is 0 Å². The van der Waals surface area contributed by atoms with Gasteiger partial charge in [-0.05, 0) is 50.1 Å². The normalized spacial score (nSPS) is 22.2. The van der Waals surface area contributed by atoms with Crippen LogP contribution in [-0.2, 0) is 13.0 Å². The number of rotatable bonds is 4. The Hall–Kier alpha value is -2.18. The minimum atomic E-state index is -0.809. The van der Waals surface area contributed by atoms with E-state index in [9.17, 15) is 5.11 Å². The topological polar surface area (TPSA) is 75.5 Å². The summed E-state index contributed by atoms with van der Waals surface area (Å²) in [5.41, 5.74) is 1.32. The van der Waals surface area contributed by atoms with E-state index in [1.54, 1.807) is 13.2 Å². The largest absolute Gasteiger partial charge is 0.464 e. The van der Waals surface area contributed by atoms with Crippen molar-refractivity contribution in [1.82, 2.24) is 15.0 Å². The highest BCUT2D eigenvalue weighted by Gasteiger charge is 2.35. The van der Waals surface area contributed by atoms with Gasteiger partial charge in [0.2, 0.25) is 5.89 Å². The fourth-order valence-corrected chi connectivity index (χ4v) is 3.55. The van der Waals surface area contributed by atoms with E-state index < -0.39 is 5.60 Å². The summed E-state index contributed by atoms with van der Waals surface area (Å²) in [6, 6.07) is 8.21. The average molecular weight is 327 g/mol. The molecular formula is C18H21N3O3. The van der Waals surface area contributed by atoms with E-state index in [2.05, 4.69) is 27.2 Å². The minimum absolute atomic E-state index is 0.408. The fourth-order valence-electron chi connectivity index (χ4n) is 3.55. The number of likely N-dealkylation sites (tertiary alicyclic amines) is 1. The van der Waals surface area contributed by atoms with Crippen molar-refractivity contribution in [3.8, 4) is 0 Å². The molecule has 1 aliphatic rings. The Morgan fingerprint density at radius 2 is 2.25 bits per heavy atom. The van der Waals surface area contributed by atoms with Gasteiger partial charge in [0.25, 0.3) is 0 Å². The number of aromatic nitrogens is 2. The highest BCUT2D eigenvalue weighted by molar-refractivity contribution is 5.77. The van der Waals surface area contributed by atoms with E-state index in [-0.39, 0.29) is 0 Å². The molecule has 126 valence electrons. The molecule has 6 nitrogen and oxygen atoms in total. The van der Waals surface area contributed by atoms with Gasteiger partial charge in [0.1, 0.15) is 5.58 Å². The Kier molecular flexibility index (Phi) is 3.86. The number of fused-ring (bicyclic) bond motifs is 1. The zero-order chi connectivity index (χ0) is 16.6. The molecule has 1 N–H and O–H groups in total. The van der Waals surface area contributed by atoms with Crippen molar-refractivity contribution < 1.29 is 14.0 Å². The first kappa shape index (κ1) is 15.4. The third-order valence-corrected chi connectivity index (χ3v) is 4.61. The van der Waals surface area contributed by atoms with E-state index in [1.165, 1.54) is 5.56 Å². The van der Waals surface area contributed by atoms with Gasteiger partial charge in [0.05, 0.1) is 18.3 Å². The van der Waals surface area contributed by atoms with Gasteiger partial charge in [0, 0.05) is 18.5 Å². The van der Waals surface area contributed by atoms with E-state index >= 15 is 0 Å². The predicted molar refractivity (Wildman–Crippen MR) is 88.4 cm³/mol. The van der Waals surface area contributed by atoms with Crippen molar-refractivity contribution in [2.75, 3.05) is 13.1 Å². The number of furan rings is 1. The maximum Gasteiger partial charge on any atom is 0.229 e. The third-order valence-electron chi connectivity index (χ3n) is 4.61. The lowest BCUT2D eigenvalue weighted by atomic mass is 9.89. The van der Waals surface area contributed by atoms with Crippen LogP contribution in [0.2, 0.25) is 0 Å². The molecule has 0 spiro atoms. The Morgan fingerprint density at radius 1 is 1.33 bits per heavy atom. The standard InChI is InChI=1S/C18H21N3O3/c1-13-19-17(24-20-13)10-18(22)6-2-7-21(12-18)11-14-3-4-16-15(9-14)5-8-23-16/h3-5,8-9,22H,2,6-7,10-12H2,1H3. The number of β-amino-alcohol motifs (C(OH)–C–C–N with tert-alkyl or cyclic N) is 1. The molecule has 0 bridgehead atoms. The van der Waals surface area contributed by atoms with Crippen molar-refractivity contribution in [3.63, 3.8) is 0 Å². The van der Waals surface area contributed by atoms with Gasteiger partial charge < -0.3 is 14.0 Å². The van der Waals surface area contributed by atoms with Crippen molar-refractivity contribution >= 4 is 11.0 Å². The van der Waals surface area contributed by atoms with Crippen LogP contribution in [0.3, 0.4) is 0 Å². The average Bonchev–Trinajstić information content (AvgIpc) is 3.15. The molecule has 1 aromatic carbocycles. The summed E-state index contributed by atoms with van der Waals surface area (Å²) in [4.78, 5) is 6.51. The van der Waals surface area contributed by atoms with E-state index in [1.807, 2.05) is 12.1 Å². The van der Waals surface area contributed by atoms with Crippen molar-refractivity contribution in [2.24, 2.45) is 0 Å². The highest BCUT2D eigenvalue weighted by atomic mass is 16.5. The van der Waals surface area contributed by atoms with Crippen LogP contribution >= 0.6 is 0 Å². The number of hydrogen-bond donors (Lipinski definition) is 1. The molecule has 1 unspecified atom stereocenters. The molecule has 3 heterocycles. The summed E-state index contributed by atoms with van der Waals surface area (Å²) in [6.07, 6.45) is 3.83. The van der Waals surface area contributed by atoms with Crippen LogP contribution in [0.15, 0.2) is 39.5 Å². The third kappa shape index (κ3) is 3.20. The number of nitrogens with zero attached hydrogens (tertiary/aromatic N) is 3. The molecule has 3 aromatic rings. The summed E-state index contributed by atoms with van der Waals surface area (Å²) in [7, 11) is 0. The zero-order valence-electron chi connectivity index (χ0n) is 13.7. The quantitative estimate of drug-likeness (QED) is 0.794. The van der Waals surface area contributed by atoms with E-state index in [4.69, 9.17) is 8.94 Å². The van der Waals surface area contributed by atoms with E-state index in [0.717, 1.165) is 36.9 Å². The second kappa shape index (κ2) is 6.03. The lowest BCUT2D eigenvalue weighted by Gasteiger charge is -2.38. The second-order valence-corrected chi connectivity index (χ2v) is 6.74. The molecule has 0 saturated carbocycles. The first-order valence-electron chi connectivity index (χ1n) is 8.30. The number of piperidine rings is 1. The Labute approximate surface area is 140 Å². The molecule has 0 aliphatic carbocycles. The van der Waals surface area contributed by atoms with Gasteiger partial charge in [-0.2, -0.15) is 4.98 Å². The molecule has 1 aliphatic heterocycles. The molecule has 1 fully saturated rings. The summed E-state index contributed by atoms with van der Waals surface area (Å²) >= 11 is 0. The van der Waals surface area contributed by atoms with Crippen LogP contribution < -0.4 is 0 Å². The maximum atomic E-state index is 10.9. The first-order chi connectivity index (χ1) is 11.6. The summed E-state index contributed by atoms with van der Waals surface area (Å²) in [6.45, 7) is 4.19. The predicted octanol–water partition coefficient (Wildman–Crippen LogP) is 2.69. The maximum absolute atomic E-state index is 10.9. The van der Waals surface area contributed by atoms with Crippen LogP contribution in [0.25, 0.3) is 11.0 Å². The van der Waals surface area contributed by atoms with Crippen molar-refractivity contribution in [3.05, 3.63) is 47.8 Å². The Bertz CT molecular complexity index is 841. The highest BCUT2D eigenvalue weighted by Crippen LogP contribution is 2.26. The van der Waals surface area contributed by atoms with Crippen molar-refractivity contribution in [1.29, 1.82) is 0 Å². The van der Waals surface area contributed by atoms with Gasteiger partial charge in [0.15, 0.2) is 5.82 Å². The van der Waals surface area contributed by atoms with Gasteiger partial charge in [-0.3, -0.25) is 4.90 Å². The summed E-state index contributed by atoms with van der Waals surface area (Å²) < 4.78 is 10.6. The molecule has 0 radical (unpaired) electrons. The number of hydrogen-bond acceptors (Lipinski definition) is 6. The SMILES string of the molecule is Cc1noc(CC2(O)CCCN(Cc3ccc4occc4c3)C2)n1. The van der Waals surface area contributed by atoms with Crippen LogP contribution in [0.1, 0.15) is 30.1 Å². The summed E-state index contributed by atoms with van der Waals surface area (Å²) in [5, 5.41) is 15.9. The van der Waals surface area contributed by atoms with Crippen LogP contribution in [0.5, 0.6) is 0 Å². The number of aryl methyl sites for hydroxylation is 1. The van der Waals surface area contributed by atoms with E-state index in [0.29, 0.717) is 24.7 Å². The van der Waals surface area contributed by atoms with Crippen LogP contribution in [-0.4, -0.2) is 38.8 Å². The smallest absolute Gasteiger partial charge is 0.229 e. The second-order valence-electron chi connectivity index (χ2n) is 6.74. The number of aliphatic hydroxyl groups is 1. The number of benzene rings is 1. The Balaban J connectivity index is 1.45. The first-order valence-corrected chi connectivity index (χ1v) is 8.30. The van der Waals surface area contributed by atoms with Crippen LogP contribution in [0, 0.1) is 6.92 Å². The van der Waals surface area contributed by atoms with Crippen LogP contribution in [0.4, 0.5) is 0 Å². The van der Waals surface area contributed by atoms with Gasteiger partial charge in [-0.15, -0.1) is 0 Å². The molecule has 24 heavy (non-hydrogen) atoms. The summed E-state index contributed by atoms with van der Waals surface area (Å²) in [5.74, 6) is 1.12. The monoisotopic (exact) mass is 327 g/mol. The fraction of sp³-hybridized carbons (Fsp3) is 0.444. The lowest BCUT2D eigenvalue weighted by Crippen LogP contribution is -2.49. The molecule has 6 heteroatoms. The van der Waals surface area contributed by atoms with Gasteiger partial charge >= 0.3 is 0 Å². The zero-order valence-corrected chi connectivity index (χ0v) is 13.7. The van der Waals surface area contributed by atoms with Gasteiger partial charge in [-0.1, -0.05) is 11.2 Å². The molecule has 2 aromatic heterocycles.